The minimum atomic E-state index is -1.03. The van der Waals surface area contributed by atoms with Crippen LogP contribution in [0.5, 0.6) is 0 Å². The normalized spacial score (nSPS) is 34.4. The van der Waals surface area contributed by atoms with E-state index in [1.54, 1.807) is 48.5 Å². The first kappa shape index (κ1) is 25.7. The fourth-order valence-electron chi connectivity index (χ4n) is 8.78. The Bertz CT molecular complexity index is 1370. The van der Waals surface area contributed by atoms with Gasteiger partial charge in [0.15, 0.2) is 0 Å². The monoisotopic (exact) mass is 536 g/mol. The second kappa shape index (κ2) is 9.57. The summed E-state index contributed by atoms with van der Waals surface area (Å²) in [6.45, 7) is 0. The van der Waals surface area contributed by atoms with Crippen LogP contribution in [0.2, 0.25) is 0 Å². The minimum Gasteiger partial charge on any atom is -0.481 e. The molecule has 4 bridgehead atoms. The molecule has 0 aromatic heterocycles. The van der Waals surface area contributed by atoms with Crippen molar-refractivity contribution in [3.63, 3.8) is 0 Å². The van der Waals surface area contributed by atoms with Gasteiger partial charge in [-0.1, -0.05) is 11.8 Å². The van der Waals surface area contributed by atoms with Crippen molar-refractivity contribution in [2.45, 2.75) is 12.8 Å². The Balaban J connectivity index is 1.26. The number of carbonyl (C=O) groups excluding carboxylic acids is 2. The van der Waals surface area contributed by atoms with Gasteiger partial charge in [-0.3, -0.25) is 19.2 Å². The summed E-state index contributed by atoms with van der Waals surface area (Å²) >= 11 is 0. The van der Waals surface area contributed by atoms with Gasteiger partial charge in [-0.2, -0.15) is 0 Å². The Labute approximate surface area is 231 Å². The molecule has 4 N–H and O–H groups in total. The van der Waals surface area contributed by atoms with Crippen LogP contribution in [-0.2, 0) is 19.2 Å². The fraction of sp³-hybridized carbons (Fsp3) is 0.375. The highest BCUT2D eigenvalue weighted by Gasteiger charge is 2.73. The minimum absolute atomic E-state index is 0.106. The van der Waals surface area contributed by atoms with Crippen LogP contribution in [0.25, 0.3) is 0 Å². The zero-order valence-electron chi connectivity index (χ0n) is 21.5. The van der Waals surface area contributed by atoms with Crippen molar-refractivity contribution in [1.82, 2.24) is 0 Å². The van der Waals surface area contributed by atoms with Crippen molar-refractivity contribution in [3.8, 4) is 24.7 Å². The van der Waals surface area contributed by atoms with Crippen molar-refractivity contribution in [3.05, 3.63) is 59.7 Å². The molecule has 202 valence electrons. The maximum absolute atomic E-state index is 13.5. The number of benzene rings is 2. The molecule has 0 spiro atoms. The molecule has 0 aliphatic heterocycles. The molecule has 4 aliphatic rings. The van der Waals surface area contributed by atoms with Crippen LogP contribution in [0, 0.1) is 83.9 Å². The lowest BCUT2D eigenvalue weighted by Gasteiger charge is -2.45. The third kappa shape index (κ3) is 3.86. The standard InChI is InChI=1S/C32H28N2O6/c1-3-15-5-9-17(10-6-15)33-29(35)25-19-13-21(27(25)31(37)38)24-20-14-22(23(19)24)28(32(39)40)26(20)30(36)34-18-11-7-16(4-2)8-12-18/h1-2,5-12,19-28H,13-14H2,(H,33,35)(H,34,36)(H,37,38)(H,39,40). The summed E-state index contributed by atoms with van der Waals surface area (Å²) in [5.74, 6) is -2.38. The number of carboxylic acid groups (broad SMARTS) is 2. The first-order valence-corrected chi connectivity index (χ1v) is 13.4. The van der Waals surface area contributed by atoms with E-state index in [2.05, 4.69) is 22.5 Å². The van der Waals surface area contributed by atoms with Gasteiger partial charge in [-0.05, 0) is 96.9 Å². The maximum Gasteiger partial charge on any atom is 0.307 e. The van der Waals surface area contributed by atoms with E-state index in [4.69, 9.17) is 12.8 Å². The number of rotatable bonds is 6. The smallest absolute Gasteiger partial charge is 0.307 e. The number of carboxylic acids is 2. The summed E-state index contributed by atoms with van der Waals surface area (Å²) in [6.07, 6.45) is 11.9. The number of hydrogen-bond donors (Lipinski definition) is 4. The number of terminal acetylenes is 2. The van der Waals surface area contributed by atoms with Gasteiger partial charge >= 0.3 is 11.9 Å². The Hall–Kier alpha value is -4.56. The van der Waals surface area contributed by atoms with E-state index in [1.807, 2.05) is 0 Å². The number of anilines is 2. The second-order valence-corrected chi connectivity index (χ2v) is 11.5. The van der Waals surface area contributed by atoms with Crippen molar-refractivity contribution >= 4 is 35.1 Å². The average Bonchev–Trinajstić information content (AvgIpc) is 3.71. The van der Waals surface area contributed by atoms with Gasteiger partial charge in [-0.25, -0.2) is 0 Å². The number of hydrogen-bond acceptors (Lipinski definition) is 4. The molecule has 10 atom stereocenters. The Morgan fingerprint density at radius 2 is 0.925 bits per heavy atom. The molecule has 2 amide bonds. The number of aliphatic carboxylic acids is 2. The number of fused-ring (bicyclic) bond motifs is 9. The van der Waals surface area contributed by atoms with E-state index in [0.29, 0.717) is 35.3 Å². The lowest BCUT2D eigenvalue weighted by Crippen LogP contribution is -2.51. The molecule has 8 heteroatoms. The zero-order chi connectivity index (χ0) is 28.3. The highest BCUT2D eigenvalue weighted by Crippen LogP contribution is 2.73. The largest absolute Gasteiger partial charge is 0.481 e. The van der Waals surface area contributed by atoms with Gasteiger partial charge in [0.2, 0.25) is 11.8 Å². The molecule has 6 rings (SSSR count). The van der Waals surface area contributed by atoms with E-state index >= 15 is 0 Å². The fourth-order valence-corrected chi connectivity index (χ4v) is 8.78. The molecule has 8 nitrogen and oxygen atoms in total. The molecule has 10 unspecified atom stereocenters. The first-order valence-electron chi connectivity index (χ1n) is 13.4. The zero-order valence-corrected chi connectivity index (χ0v) is 21.5. The summed E-state index contributed by atoms with van der Waals surface area (Å²) in [4.78, 5) is 52.1. The molecule has 40 heavy (non-hydrogen) atoms. The van der Waals surface area contributed by atoms with Crippen molar-refractivity contribution in [2.75, 3.05) is 10.6 Å². The molecular formula is C32H28N2O6. The third-order valence-electron chi connectivity index (χ3n) is 9.94. The van der Waals surface area contributed by atoms with Crippen LogP contribution < -0.4 is 10.6 Å². The molecule has 4 saturated carbocycles. The first-order chi connectivity index (χ1) is 19.2. The van der Waals surface area contributed by atoms with Gasteiger partial charge in [0, 0.05) is 22.5 Å². The third-order valence-corrected chi connectivity index (χ3v) is 9.94. The molecule has 4 fully saturated rings. The summed E-state index contributed by atoms with van der Waals surface area (Å²) in [5.41, 5.74) is 2.37. The van der Waals surface area contributed by atoms with E-state index in [-0.39, 0.29) is 47.3 Å². The SMILES string of the molecule is C#Cc1ccc(NC(=O)C2C3CC(C2C(=O)O)C2C4CC(C(C(=O)O)C4C(=O)Nc4ccc(C#C)cc4)C32)cc1. The molecule has 2 aromatic carbocycles. The molecule has 0 heterocycles. The summed E-state index contributed by atoms with van der Waals surface area (Å²) in [5, 5.41) is 26.2. The Kier molecular flexibility index (Phi) is 6.15. The number of amides is 2. The molecule has 4 aliphatic carbocycles. The number of carbonyl (C=O) groups is 4. The van der Waals surface area contributed by atoms with E-state index in [0.717, 1.165) is 0 Å². The van der Waals surface area contributed by atoms with Crippen LogP contribution in [0.4, 0.5) is 11.4 Å². The maximum atomic E-state index is 13.5. The highest BCUT2D eigenvalue weighted by atomic mass is 16.4. The summed E-state index contributed by atoms with van der Waals surface area (Å²) in [7, 11) is 0. The molecule has 0 radical (unpaired) electrons. The quantitative estimate of drug-likeness (QED) is 0.331. The lowest BCUT2D eigenvalue weighted by molar-refractivity contribution is -0.158. The summed E-state index contributed by atoms with van der Waals surface area (Å²) in [6, 6.07) is 13.5. The van der Waals surface area contributed by atoms with Gasteiger partial charge in [0.1, 0.15) is 0 Å². The number of nitrogens with one attached hydrogen (secondary N) is 2. The van der Waals surface area contributed by atoms with Gasteiger partial charge in [-0.15, -0.1) is 12.8 Å². The molecule has 0 saturated heterocycles. The topological polar surface area (TPSA) is 133 Å². The Morgan fingerprint density at radius 1 is 0.600 bits per heavy atom. The molecular weight excluding hydrogens is 508 g/mol. The van der Waals surface area contributed by atoms with Crippen molar-refractivity contribution in [2.24, 2.45) is 59.2 Å². The predicted molar refractivity (Wildman–Crippen MR) is 145 cm³/mol. The summed E-state index contributed by atoms with van der Waals surface area (Å²) < 4.78 is 0. The van der Waals surface area contributed by atoms with Crippen LogP contribution in [-0.4, -0.2) is 34.0 Å². The highest BCUT2D eigenvalue weighted by molar-refractivity contribution is 5.97. The van der Waals surface area contributed by atoms with E-state index in [9.17, 15) is 29.4 Å². The van der Waals surface area contributed by atoms with E-state index < -0.39 is 35.6 Å². The van der Waals surface area contributed by atoms with E-state index in [1.165, 1.54) is 0 Å². The van der Waals surface area contributed by atoms with Crippen LogP contribution >= 0.6 is 0 Å². The second-order valence-electron chi connectivity index (χ2n) is 11.5. The lowest BCUT2D eigenvalue weighted by atomic mass is 9.58. The van der Waals surface area contributed by atoms with Crippen LogP contribution in [0.3, 0.4) is 0 Å². The Morgan fingerprint density at radius 3 is 1.23 bits per heavy atom. The van der Waals surface area contributed by atoms with Gasteiger partial charge < -0.3 is 20.8 Å². The van der Waals surface area contributed by atoms with Crippen molar-refractivity contribution in [1.29, 1.82) is 0 Å². The molecule has 2 aromatic rings. The predicted octanol–water partition coefficient (Wildman–Crippen LogP) is 3.39. The van der Waals surface area contributed by atoms with Crippen LogP contribution in [0.1, 0.15) is 24.0 Å². The van der Waals surface area contributed by atoms with Crippen molar-refractivity contribution < 1.29 is 29.4 Å². The van der Waals surface area contributed by atoms with Gasteiger partial charge in [0.25, 0.3) is 0 Å². The van der Waals surface area contributed by atoms with Gasteiger partial charge in [0.05, 0.1) is 23.7 Å². The average molecular weight is 537 g/mol. The van der Waals surface area contributed by atoms with Crippen LogP contribution in [0.15, 0.2) is 48.5 Å².